The molecule has 0 unspecified atom stereocenters. The van der Waals surface area contributed by atoms with Crippen molar-refractivity contribution in [2.45, 2.75) is 26.9 Å². The molecule has 0 aliphatic heterocycles. The van der Waals surface area contributed by atoms with Crippen molar-refractivity contribution in [2.24, 2.45) is 5.92 Å². The second-order valence-electron chi connectivity index (χ2n) is 5.98. The number of nitrogens with one attached hydrogen (secondary N) is 2. The predicted molar refractivity (Wildman–Crippen MR) is 95.9 cm³/mol. The molecule has 0 saturated heterocycles. The van der Waals surface area contributed by atoms with Crippen molar-refractivity contribution in [3.05, 3.63) is 42.0 Å². The number of imidazole rings is 1. The minimum atomic E-state index is -0.191. The molecule has 1 heterocycles. The van der Waals surface area contributed by atoms with E-state index in [-0.39, 0.29) is 6.03 Å². The average Bonchev–Trinajstić information content (AvgIpc) is 3.02. The van der Waals surface area contributed by atoms with Crippen molar-refractivity contribution in [3.8, 4) is 11.5 Å². The lowest BCUT2D eigenvalue weighted by atomic mass is 10.2. The normalized spacial score (nSPS) is 11.7. The van der Waals surface area contributed by atoms with Crippen LogP contribution >= 0.6 is 0 Å². The first-order chi connectivity index (χ1) is 12.0. The van der Waals surface area contributed by atoms with E-state index < -0.39 is 0 Å². The van der Waals surface area contributed by atoms with Crippen molar-refractivity contribution >= 4 is 6.03 Å². The molecule has 7 nitrogen and oxygen atoms in total. The van der Waals surface area contributed by atoms with Gasteiger partial charge in [-0.05, 0) is 30.5 Å². The number of carbonyl (C=O) groups excluding carboxylic acids is 1. The SMILES string of the molecule is COc1ccc(CNC(=O)NC[C@@H](C)Cn2ccnc2C)cc1OC. The molecular formula is C18H26N4O3. The molecule has 2 aromatic rings. The highest BCUT2D eigenvalue weighted by Crippen LogP contribution is 2.27. The number of aryl methyl sites for hydroxylation is 1. The van der Waals surface area contributed by atoms with Gasteiger partial charge in [0.15, 0.2) is 11.5 Å². The summed E-state index contributed by atoms with van der Waals surface area (Å²) in [6, 6.07) is 5.38. The van der Waals surface area contributed by atoms with Crippen LogP contribution in [0.2, 0.25) is 0 Å². The van der Waals surface area contributed by atoms with Gasteiger partial charge >= 0.3 is 6.03 Å². The second-order valence-corrected chi connectivity index (χ2v) is 5.98. The van der Waals surface area contributed by atoms with Crippen LogP contribution in [-0.2, 0) is 13.1 Å². The highest BCUT2D eigenvalue weighted by atomic mass is 16.5. The predicted octanol–water partition coefficient (Wildman–Crippen LogP) is 2.34. The van der Waals surface area contributed by atoms with Gasteiger partial charge in [0.05, 0.1) is 14.2 Å². The van der Waals surface area contributed by atoms with Crippen LogP contribution in [0.15, 0.2) is 30.6 Å². The third kappa shape index (κ3) is 5.41. The quantitative estimate of drug-likeness (QED) is 0.769. The fraction of sp³-hybridized carbons (Fsp3) is 0.444. The largest absolute Gasteiger partial charge is 0.493 e. The molecule has 25 heavy (non-hydrogen) atoms. The number of urea groups is 1. The molecule has 2 N–H and O–H groups in total. The number of aromatic nitrogens is 2. The minimum Gasteiger partial charge on any atom is -0.493 e. The number of ether oxygens (including phenoxy) is 2. The van der Waals surface area contributed by atoms with Gasteiger partial charge in [0.2, 0.25) is 0 Å². The van der Waals surface area contributed by atoms with Crippen molar-refractivity contribution in [1.29, 1.82) is 0 Å². The molecule has 2 amide bonds. The molecule has 7 heteroatoms. The Morgan fingerprint density at radius 1 is 1.24 bits per heavy atom. The molecule has 0 bridgehead atoms. The first-order valence-electron chi connectivity index (χ1n) is 8.23. The Kier molecular flexibility index (Phi) is 6.68. The van der Waals surface area contributed by atoms with Gasteiger partial charge in [-0.2, -0.15) is 0 Å². The number of amides is 2. The highest BCUT2D eigenvalue weighted by Gasteiger charge is 2.09. The van der Waals surface area contributed by atoms with Crippen LogP contribution in [-0.4, -0.2) is 36.3 Å². The van der Waals surface area contributed by atoms with Gasteiger partial charge in [0.1, 0.15) is 5.82 Å². The fourth-order valence-electron chi connectivity index (χ4n) is 2.50. The van der Waals surface area contributed by atoms with Gasteiger partial charge in [-0.1, -0.05) is 13.0 Å². The van der Waals surface area contributed by atoms with Crippen LogP contribution in [0, 0.1) is 12.8 Å². The maximum atomic E-state index is 12.0. The number of hydrogen-bond donors (Lipinski definition) is 2. The Morgan fingerprint density at radius 2 is 2.00 bits per heavy atom. The Morgan fingerprint density at radius 3 is 2.64 bits per heavy atom. The first-order valence-corrected chi connectivity index (χ1v) is 8.23. The summed E-state index contributed by atoms with van der Waals surface area (Å²) in [5, 5.41) is 5.74. The van der Waals surface area contributed by atoms with Crippen LogP contribution < -0.4 is 20.1 Å². The molecule has 0 saturated carbocycles. The van der Waals surface area contributed by atoms with Gasteiger partial charge < -0.3 is 24.7 Å². The lowest BCUT2D eigenvalue weighted by Gasteiger charge is -2.15. The molecule has 136 valence electrons. The van der Waals surface area contributed by atoms with Gasteiger partial charge in [0.25, 0.3) is 0 Å². The van der Waals surface area contributed by atoms with Crippen molar-refractivity contribution in [1.82, 2.24) is 20.2 Å². The third-order valence-corrected chi connectivity index (χ3v) is 3.94. The van der Waals surface area contributed by atoms with Gasteiger partial charge in [-0.25, -0.2) is 9.78 Å². The summed E-state index contributed by atoms with van der Waals surface area (Å²) in [4.78, 5) is 16.2. The smallest absolute Gasteiger partial charge is 0.315 e. The standard InChI is InChI=1S/C18H26N4O3/c1-13(12-22-8-7-19-14(22)2)10-20-18(23)21-11-15-5-6-16(24-3)17(9-15)25-4/h5-9,13H,10-12H2,1-4H3,(H2,20,21,23)/t13-/m1/s1. The zero-order valence-electron chi connectivity index (χ0n) is 15.2. The van der Waals surface area contributed by atoms with Crippen LogP contribution in [0.5, 0.6) is 11.5 Å². The van der Waals surface area contributed by atoms with Gasteiger partial charge in [-0.3, -0.25) is 0 Å². The summed E-state index contributed by atoms with van der Waals surface area (Å²) in [7, 11) is 3.18. The molecule has 1 aromatic carbocycles. The zero-order chi connectivity index (χ0) is 18.2. The molecule has 0 spiro atoms. The Bertz CT molecular complexity index is 699. The lowest BCUT2D eigenvalue weighted by molar-refractivity contribution is 0.238. The Hall–Kier alpha value is -2.70. The maximum absolute atomic E-state index is 12.0. The van der Waals surface area contributed by atoms with E-state index in [1.54, 1.807) is 20.4 Å². The minimum absolute atomic E-state index is 0.191. The van der Waals surface area contributed by atoms with E-state index in [1.807, 2.05) is 31.3 Å². The first kappa shape index (κ1) is 18.6. The monoisotopic (exact) mass is 346 g/mol. The van der Waals surface area contributed by atoms with Crippen LogP contribution in [0.1, 0.15) is 18.3 Å². The van der Waals surface area contributed by atoms with Crippen molar-refractivity contribution in [2.75, 3.05) is 20.8 Å². The summed E-state index contributed by atoms with van der Waals surface area (Å²) in [5.74, 6) is 2.59. The Labute approximate surface area is 148 Å². The summed E-state index contributed by atoms with van der Waals surface area (Å²) >= 11 is 0. The zero-order valence-corrected chi connectivity index (χ0v) is 15.2. The topological polar surface area (TPSA) is 77.4 Å². The Balaban J connectivity index is 1.76. The highest BCUT2D eigenvalue weighted by molar-refractivity contribution is 5.73. The number of hydrogen-bond acceptors (Lipinski definition) is 4. The van der Waals surface area contributed by atoms with Crippen molar-refractivity contribution in [3.63, 3.8) is 0 Å². The van der Waals surface area contributed by atoms with Crippen molar-refractivity contribution < 1.29 is 14.3 Å². The lowest BCUT2D eigenvalue weighted by Crippen LogP contribution is -2.38. The maximum Gasteiger partial charge on any atom is 0.315 e. The number of benzene rings is 1. The van der Waals surface area contributed by atoms with E-state index in [9.17, 15) is 4.79 Å². The molecule has 0 radical (unpaired) electrons. The summed E-state index contributed by atoms with van der Waals surface area (Å²) in [6.07, 6.45) is 3.73. The number of methoxy groups -OCH3 is 2. The molecule has 0 aliphatic carbocycles. The van der Waals surface area contributed by atoms with E-state index >= 15 is 0 Å². The second kappa shape index (κ2) is 8.96. The number of nitrogens with zero attached hydrogens (tertiary/aromatic N) is 2. The molecular weight excluding hydrogens is 320 g/mol. The average molecular weight is 346 g/mol. The van der Waals surface area contributed by atoms with E-state index in [4.69, 9.17) is 9.47 Å². The number of rotatable bonds is 8. The third-order valence-electron chi connectivity index (χ3n) is 3.94. The fourth-order valence-corrected chi connectivity index (χ4v) is 2.50. The van der Waals surface area contributed by atoms with Crippen LogP contribution in [0.4, 0.5) is 4.79 Å². The van der Waals surface area contributed by atoms with E-state index in [0.29, 0.717) is 30.5 Å². The summed E-state index contributed by atoms with van der Waals surface area (Å²) in [5.41, 5.74) is 0.940. The van der Waals surface area contributed by atoms with Gasteiger partial charge in [0, 0.05) is 32.0 Å². The van der Waals surface area contributed by atoms with E-state index in [1.165, 1.54) is 0 Å². The van der Waals surface area contributed by atoms with E-state index in [2.05, 4.69) is 27.1 Å². The van der Waals surface area contributed by atoms with Crippen LogP contribution in [0.25, 0.3) is 0 Å². The summed E-state index contributed by atoms with van der Waals surface area (Å²) in [6.45, 7) is 5.89. The molecule has 0 fully saturated rings. The van der Waals surface area contributed by atoms with E-state index in [0.717, 1.165) is 17.9 Å². The summed E-state index contributed by atoms with van der Waals surface area (Å²) < 4.78 is 12.5. The van der Waals surface area contributed by atoms with Gasteiger partial charge in [-0.15, -0.1) is 0 Å². The molecule has 0 aliphatic rings. The molecule has 1 aromatic heterocycles. The van der Waals surface area contributed by atoms with Crippen LogP contribution in [0.3, 0.4) is 0 Å². The molecule has 1 atom stereocenters. The number of carbonyl (C=O) groups is 1. The molecule has 2 rings (SSSR count).